The van der Waals surface area contributed by atoms with Gasteiger partial charge in [-0.1, -0.05) is 22.0 Å². The van der Waals surface area contributed by atoms with Crippen LogP contribution in [0.1, 0.15) is 12.0 Å². The molecule has 2 amide bonds. The molecule has 3 rings (SSSR count). The summed E-state index contributed by atoms with van der Waals surface area (Å²) in [7, 11) is 0. The van der Waals surface area contributed by atoms with Crippen molar-refractivity contribution in [3.63, 3.8) is 0 Å². The maximum Gasteiger partial charge on any atom is 0.416 e. The van der Waals surface area contributed by atoms with E-state index in [1.807, 2.05) is 0 Å². The average molecular weight is 485 g/mol. The van der Waals surface area contributed by atoms with Gasteiger partial charge in [-0.2, -0.15) is 13.2 Å². The Morgan fingerprint density at radius 1 is 1.17 bits per heavy atom. The van der Waals surface area contributed by atoms with Crippen LogP contribution in [0.15, 0.2) is 53.0 Å². The first-order valence-electron chi connectivity index (χ1n) is 8.83. The van der Waals surface area contributed by atoms with Crippen LogP contribution in [0.5, 0.6) is 0 Å². The average Bonchev–Trinajstić information content (AvgIpc) is 3.08. The topological polar surface area (TPSA) is 75.7 Å². The molecule has 10 heteroatoms. The lowest BCUT2D eigenvalue weighted by molar-refractivity contribution is -0.151. The normalized spacial score (nSPS) is 16.5. The minimum absolute atomic E-state index is 0.0514. The summed E-state index contributed by atoms with van der Waals surface area (Å²) in [6.45, 7) is -0.549. The molecule has 0 radical (unpaired) electrons. The lowest BCUT2D eigenvalue weighted by Crippen LogP contribution is -2.28. The number of rotatable bonds is 5. The first-order valence-corrected chi connectivity index (χ1v) is 9.62. The Morgan fingerprint density at radius 2 is 1.87 bits per heavy atom. The lowest BCUT2D eigenvalue weighted by atomic mass is 10.1. The van der Waals surface area contributed by atoms with Gasteiger partial charge in [0.2, 0.25) is 5.91 Å². The molecule has 30 heavy (non-hydrogen) atoms. The number of nitrogens with zero attached hydrogens (tertiary/aromatic N) is 1. The van der Waals surface area contributed by atoms with E-state index in [1.165, 1.54) is 11.0 Å². The van der Waals surface area contributed by atoms with E-state index in [4.69, 9.17) is 4.74 Å². The van der Waals surface area contributed by atoms with Gasteiger partial charge < -0.3 is 15.0 Å². The summed E-state index contributed by atoms with van der Waals surface area (Å²) in [6, 6.07) is 11.1. The Balaban J connectivity index is 1.52. The molecule has 158 valence electrons. The van der Waals surface area contributed by atoms with Gasteiger partial charge in [0.25, 0.3) is 5.91 Å². The summed E-state index contributed by atoms with van der Waals surface area (Å²) in [5, 5.41) is 2.25. The van der Waals surface area contributed by atoms with Crippen molar-refractivity contribution >= 4 is 45.1 Å². The van der Waals surface area contributed by atoms with Gasteiger partial charge in [-0.3, -0.25) is 14.4 Å². The van der Waals surface area contributed by atoms with Gasteiger partial charge in [-0.25, -0.2) is 0 Å². The molecule has 1 aliphatic rings. The quantitative estimate of drug-likeness (QED) is 0.650. The third-order valence-corrected chi connectivity index (χ3v) is 4.94. The van der Waals surface area contributed by atoms with E-state index in [2.05, 4.69) is 21.2 Å². The number of esters is 1. The van der Waals surface area contributed by atoms with Gasteiger partial charge >= 0.3 is 12.1 Å². The summed E-state index contributed by atoms with van der Waals surface area (Å²) in [6.07, 6.45) is -4.59. The van der Waals surface area contributed by atoms with Gasteiger partial charge in [-0.15, -0.1) is 0 Å². The van der Waals surface area contributed by atoms with Crippen molar-refractivity contribution in [2.24, 2.45) is 5.92 Å². The molecule has 1 saturated heterocycles. The van der Waals surface area contributed by atoms with E-state index < -0.39 is 36.1 Å². The highest BCUT2D eigenvalue weighted by Gasteiger charge is 2.36. The maximum absolute atomic E-state index is 12.7. The molecule has 6 nitrogen and oxygen atoms in total. The highest BCUT2D eigenvalue weighted by Crippen LogP contribution is 2.31. The van der Waals surface area contributed by atoms with Crippen LogP contribution in [-0.2, 0) is 25.3 Å². The number of amides is 2. The van der Waals surface area contributed by atoms with E-state index >= 15 is 0 Å². The molecule has 0 aromatic heterocycles. The van der Waals surface area contributed by atoms with Crippen LogP contribution in [0.4, 0.5) is 24.5 Å². The second-order valence-corrected chi connectivity index (χ2v) is 7.53. The second kappa shape index (κ2) is 8.86. The second-order valence-electron chi connectivity index (χ2n) is 6.62. The molecule has 0 aliphatic carbocycles. The van der Waals surface area contributed by atoms with Gasteiger partial charge in [0, 0.05) is 28.8 Å². The van der Waals surface area contributed by atoms with Crippen LogP contribution in [0.3, 0.4) is 0 Å². The van der Waals surface area contributed by atoms with Crippen molar-refractivity contribution in [1.29, 1.82) is 0 Å². The predicted octanol–water partition coefficient (Wildman–Crippen LogP) is 4.00. The Hall–Kier alpha value is -2.88. The summed E-state index contributed by atoms with van der Waals surface area (Å²) < 4.78 is 44.0. The van der Waals surface area contributed by atoms with Crippen molar-refractivity contribution in [1.82, 2.24) is 0 Å². The van der Waals surface area contributed by atoms with Crippen molar-refractivity contribution in [3.8, 4) is 0 Å². The van der Waals surface area contributed by atoms with Crippen LogP contribution in [-0.4, -0.2) is 30.9 Å². The van der Waals surface area contributed by atoms with E-state index in [-0.39, 0.29) is 24.6 Å². The highest BCUT2D eigenvalue weighted by molar-refractivity contribution is 9.10. The number of ether oxygens (including phenoxy) is 1. The number of hydrogen-bond acceptors (Lipinski definition) is 4. The number of alkyl halides is 3. The summed E-state index contributed by atoms with van der Waals surface area (Å²) in [5.41, 5.74) is -0.334. The number of hydrogen-bond donors (Lipinski definition) is 1. The van der Waals surface area contributed by atoms with Crippen molar-refractivity contribution in [3.05, 3.63) is 58.6 Å². The fraction of sp³-hybridized carbons (Fsp3) is 0.250. The van der Waals surface area contributed by atoms with Crippen molar-refractivity contribution in [2.75, 3.05) is 23.4 Å². The number of halogens is 4. The minimum Gasteiger partial charge on any atom is -0.455 e. The largest absolute Gasteiger partial charge is 0.455 e. The third kappa shape index (κ3) is 5.38. The van der Waals surface area contributed by atoms with E-state index in [0.29, 0.717) is 5.69 Å². The van der Waals surface area contributed by atoms with Crippen molar-refractivity contribution < 1.29 is 32.3 Å². The smallest absolute Gasteiger partial charge is 0.416 e. The maximum atomic E-state index is 12.7. The molecule has 0 bridgehead atoms. The van der Waals surface area contributed by atoms with Crippen LogP contribution in [0, 0.1) is 5.92 Å². The standard InChI is InChI=1S/C20H16BrF3N2O4/c21-14-4-6-16(7-5-14)26-10-12(8-18(26)28)19(29)30-11-17(27)25-15-3-1-2-13(9-15)20(22,23)24/h1-7,9,12H,8,10-11H2,(H,25,27). The summed E-state index contributed by atoms with van der Waals surface area (Å²) in [4.78, 5) is 37.8. The molecule has 1 atom stereocenters. The molecule has 1 fully saturated rings. The SMILES string of the molecule is O=C(COC(=O)C1CC(=O)N(c2ccc(Br)cc2)C1)Nc1cccc(C(F)(F)F)c1. The Bertz CT molecular complexity index is 963. The zero-order valence-corrected chi connectivity index (χ0v) is 17.0. The van der Waals surface area contributed by atoms with E-state index in [1.54, 1.807) is 24.3 Å². The first kappa shape index (κ1) is 21.8. The van der Waals surface area contributed by atoms with E-state index in [9.17, 15) is 27.6 Å². The summed E-state index contributed by atoms with van der Waals surface area (Å²) >= 11 is 3.30. The number of benzene rings is 2. The minimum atomic E-state index is -4.54. The zero-order valence-electron chi connectivity index (χ0n) is 15.4. The number of nitrogens with one attached hydrogen (secondary N) is 1. The number of carbonyl (C=O) groups excluding carboxylic acids is 3. The molecule has 2 aromatic carbocycles. The van der Waals surface area contributed by atoms with Crippen LogP contribution < -0.4 is 10.2 Å². The molecule has 1 unspecified atom stereocenters. The zero-order chi connectivity index (χ0) is 21.9. The van der Waals surface area contributed by atoms with Crippen LogP contribution in [0.2, 0.25) is 0 Å². The third-order valence-electron chi connectivity index (χ3n) is 4.42. The first-order chi connectivity index (χ1) is 14.1. The molecule has 1 heterocycles. The number of anilines is 2. The molecule has 1 aliphatic heterocycles. The van der Waals surface area contributed by atoms with Gasteiger partial charge in [-0.05, 0) is 42.5 Å². The Morgan fingerprint density at radius 3 is 2.53 bits per heavy atom. The predicted molar refractivity (Wildman–Crippen MR) is 106 cm³/mol. The fourth-order valence-corrected chi connectivity index (χ4v) is 3.23. The fourth-order valence-electron chi connectivity index (χ4n) is 2.96. The molecule has 0 spiro atoms. The summed E-state index contributed by atoms with van der Waals surface area (Å²) in [5.74, 6) is -2.48. The van der Waals surface area contributed by atoms with Crippen LogP contribution >= 0.6 is 15.9 Å². The Labute approximate surface area is 178 Å². The van der Waals surface area contributed by atoms with E-state index in [0.717, 1.165) is 22.7 Å². The molecule has 2 aromatic rings. The molecular formula is C20H16BrF3N2O4. The number of carbonyl (C=O) groups is 3. The lowest BCUT2D eigenvalue weighted by Gasteiger charge is -2.16. The monoisotopic (exact) mass is 484 g/mol. The van der Waals surface area contributed by atoms with Gasteiger partial charge in [0.1, 0.15) is 0 Å². The Kier molecular flexibility index (Phi) is 6.45. The van der Waals surface area contributed by atoms with Gasteiger partial charge in [0.05, 0.1) is 11.5 Å². The van der Waals surface area contributed by atoms with Gasteiger partial charge in [0.15, 0.2) is 6.61 Å². The molecule has 0 saturated carbocycles. The molecule has 1 N–H and O–H groups in total. The molecular weight excluding hydrogens is 469 g/mol. The van der Waals surface area contributed by atoms with Crippen LogP contribution in [0.25, 0.3) is 0 Å². The highest BCUT2D eigenvalue weighted by atomic mass is 79.9. The van der Waals surface area contributed by atoms with Crippen molar-refractivity contribution in [2.45, 2.75) is 12.6 Å².